The molecule has 1 rings (SSSR count). The largest absolute Gasteiger partial charge is 0.496 e. The summed E-state index contributed by atoms with van der Waals surface area (Å²) in [5.74, 6) is 0.755. The number of benzene rings is 1. The van der Waals surface area contributed by atoms with E-state index in [1.165, 1.54) is 0 Å². The zero-order valence-corrected chi connectivity index (χ0v) is 9.89. The van der Waals surface area contributed by atoms with E-state index in [4.69, 9.17) is 4.74 Å². The van der Waals surface area contributed by atoms with Crippen molar-refractivity contribution in [2.45, 2.75) is 38.4 Å². The first-order valence-electron chi connectivity index (χ1n) is 5.67. The van der Waals surface area contributed by atoms with E-state index < -0.39 is 12.2 Å². The monoisotopic (exact) mass is 224 g/mol. The van der Waals surface area contributed by atoms with Crippen LogP contribution in [0.5, 0.6) is 5.75 Å². The lowest BCUT2D eigenvalue weighted by molar-refractivity contribution is 0.0145. The van der Waals surface area contributed by atoms with Crippen molar-refractivity contribution in [2.75, 3.05) is 7.11 Å². The molecule has 0 saturated carbocycles. The summed E-state index contributed by atoms with van der Waals surface area (Å²) in [7, 11) is 1.60. The third-order valence-corrected chi connectivity index (χ3v) is 2.65. The first-order chi connectivity index (χ1) is 7.69. The summed E-state index contributed by atoms with van der Waals surface area (Å²) in [6, 6.07) is 7.54. The van der Waals surface area contributed by atoms with Crippen LogP contribution < -0.4 is 4.74 Å². The van der Waals surface area contributed by atoms with E-state index in [9.17, 15) is 10.2 Å². The maximum Gasteiger partial charge on any atom is 0.122 e. The Bertz CT molecular complexity index is 312. The molecule has 2 unspecified atom stereocenters. The molecule has 3 nitrogen and oxygen atoms in total. The van der Waals surface area contributed by atoms with Crippen molar-refractivity contribution in [3.63, 3.8) is 0 Å². The van der Waals surface area contributed by atoms with Crippen LogP contribution >= 0.6 is 0 Å². The minimum Gasteiger partial charge on any atom is -0.496 e. The Hall–Kier alpha value is -1.06. The number of rotatable bonds is 6. The maximum absolute atomic E-state index is 9.82. The molecule has 0 aromatic heterocycles. The molecule has 0 spiro atoms. The number of hydrogen-bond acceptors (Lipinski definition) is 3. The van der Waals surface area contributed by atoms with Crippen molar-refractivity contribution in [1.29, 1.82) is 0 Å². The van der Waals surface area contributed by atoms with Crippen molar-refractivity contribution in [3.8, 4) is 5.75 Å². The average Bonchev–Trinajstić information content (AvgIpc) is 2.30. The summed E-state index contributed by atoms with van der Waals surface area (Å²) in [5.41, 5.74) is 0.924. The number of hydrogen-bond donors (Lipinski definition) is 2. The van der Waals surface area contributed by atoms with Crippen molar-refractivity contribution < 1.29 is 14.9 Å². The fourth-order valence-corrected chi connectivity index (χ4v) is 1.72. The van der Waals surface area contributed by atoms with Gasteiger partial charge in [0.2, 0.25) is 0 Å². The molecule has 0 bridgehead atoms. The molecular formula is C13H20O3. The van der Waals surface area contributed by atoms with Crippen LogP contribution in [0.2, 0.25) is 0 Å². The van der Waals surface area contributed by atoms with Crippen molar-refractivity contribution >= 4 is 0 Å². The minimum absolute atomic E-state index is 0.422. The van der Waals surface area contributed by atoms with Gasteiger partial charge in [-0.05, 0) is 18.1 Å². The number of methoxy groups -OCH3 is 1. The van der Waals surface area contributed by atoms with E-state index in [1.807, 2.05) is 31.2 Å². The van der Waals surface area contributed by atoms with Crippen LogP contribution in [0.15, 0.2) is 24.3 Å². The van der Waals surface area contributed by atoms with Gasteiger partial charge in [0.25, 0.3) is 0 Å². The van der Waals surface area contributed by atoms with E-state index in [0.29, 0.717) is 12.8 Å². The Morgan fingerprint density at radius 2 is 1.88 bits per heavy atom. The minimum atomic E-state index is -0.726. The van der Waals surface area contributed by atoms with Crippen LogP contribution in [0, 0.1) is 0 Å². The number of aliphatic hydroxyl groups excluding tert-OH is 2. The molecule has 0 aliphatic rings. The second-order valence-electron chi connectivity index (χ2n) is 3.94. The zero-order valence-electron chi connectivity index (χ0n) is 9.89. The molecule has 0 radical (unpaired) electrons. The molecule has 0 aliphatic heterocycles. The van der Waals surface area contributed by atoms with Crippen molar-refractivity contribution in [2.24, 2.45) is 0 Å². The van der Waals surface area contributed by atoms with E-state index in [1.54, 1.807) is 7.11 Å². The Balaban J connectivity index is 2.64. The van der Waals surface area contributed by atoms with Crippen LogP contribution in [0.4, 0.5) is 0 Å². The highest BCUT2D eigenvalue weighted by Crippen LogP contribution is 2.20. The molecule has 0 saturated heterocycles. The van der Waals surface area contributed by atoms with E-state index in [-0.39, 0.29) is 0 Å². The summed E-state index contributed by atoms with van der Waals surface area (Å²) in [6.07, 6.45) is 0.525. The Morgan fingerprint density at radius 1 is 1.19 bits per heavy atom. The smallest absolute Gasteiger partial charge is 0.122 e. The summed E-state index contributed by atoms with van der Waals surface area (Å²) in [4.78, 5) is 0. The number of para-hydroxylation sites is 1. The first kappa shape index (κ1) is 13.0. The third-order valence-electron chi connectivity index (χ3n) is 2.65. The average molecular weight is 224 g/mol. The summed E-state index contributed by atoms with van der Waals surface area (Å²) < 4.78 is 5.19. The lowest BCUT2D eigenvalue weighted by Crippen LogP contribution is -2.27. The normalized spacial score (nSPS) is 14.5. The quantitative estimate of drug-likeness (QED) is 0.774. The van der Waals surface area contributed by atoms with Gasteiger partial charge in [-0.1, -0.05) is 31.5 Å². The lowest BCUT2D eigenvalue weighted by atomic mass is 10.0. The predicted octanol–water partition coefficient (Wildman–Crippen LogP) is 1.76. The fourth-order valence-electron chi connectivity index (χ4n) is 1.72. The van der Waals surface area contributed by atoms with Gasteiger partial charge in [-0.25, -0.2) is 0 Å². The van der Waals surface area contributed by atoms with Gasteiger partial charge in [-0.2, -0.15) is 0 Å². The summed E-state index contributed by atoms with van der Waals surface area (Å²) in [5, 5.41) is 19.5. The highest BCUT2D eigenvalue weighted by molar-refractivity contribution is 5.33. The molecule has 0 fully saturated rings. The van der Waals surface area contributed by atoms with Gasteiger partial charge in [-0.15, -0.1) is 0 Å². The van der Waals surface area contributed by atoms with Crippen LogP contribution in [0.1, 0.15) is 25.3 Å². The molecular weight excluding hydrogens is 204 g/mol. The Kier molecular flexibility index (Phi) is 5.29. The van der Waals surface area contributed by atoms with Gasteiger partial charge in [-0.3, -0.25) is 0 Å². The van der Waals surface area contributed by atoms with Gasteiger partial charge < -0.3 is 14.9 Å². The van der Waals surface area contributed by atoms with Gasteiger partial charge in [0.1, 0.15) is 5.75 Å². The second kappa shape index (κ2) is 6.51. The molecule has 90 valence electrons. The standard InChI is InChI=1S/C13H20O3/c1-3-6-11(14)12(15)9-10-7-4-5-8-13(10)16-2/h4-5,7-8,11-12,14-15H,3,6,9H2,1-2H3. The second-order valence-corrected chi connectivity index (χ2v) is 3.94. The zero-order chi connectivity index (χ0) is 12.0. The first-order valence-corrected chi connectivity index (χ1v) is 5.67. The van der Waals surface area contributed by atoms with Crippen LogP contribution in [-0.4, -0.2) is 29.5 Å². The Morgan fingerprint density at radius 3 is 2.50 bits per heavy atom. The molecule has 1 aromatic rings. The van der Waals surface area contributed by atoms with E-state index >= 15 is 0 Å². The van der Waals surface area contributed by atoms with Gasteiger partial charge >= 0.3 is 0 Å². The number of aliphatic hydroxyl groups is 2. The van der Waals surface area contributed by atoms with Gasteiger partial charge in [0.15, 0.2) is 0 Å². The van der Waals surface area contributed by atoms with Gasteiger partial charge in [0, 0.05) is 6.42 Å². The third kappa shape index (κ3) is 3.51. The highest BCUT2D eigenvalue weighted by atomic mass is 16.5. The molecule has 16 heavy (non-hydrogen) atoms. The molecule has 0 amide bonds. The van der Waals surface area contributed by atoms with E-state index in [2.05, 4.69) is 0 Å². The lowest BCUT2D eigenvalue weighted by Gasteiger charge is -2.18. The topological polar surface area (TPSA) is 49.7 Å². The number of ether oxygens (including phenoxy) is 1. The van der Waals surface area contributed by atoms with Crippen molar-refractivity contribution in [3.05, 3.63) is 29.8 Å². The van der Waals surface area contributed by atoms with Crippen LogP contribution in [-0.2, 0) is 6.42 Å². The molecule has 0 aliphatic carbocycles. The SMILES string of the molecule is CCCC(O)C(O)Cc1ccccc1OC. The maximum atomic E-state index is 9.82. The van der Waals surface area contributed by atoms with Crippen molar-refractivity contribution in [1.82, 2.24) is 0 Å². The molecule has 2 N–H and O–H groups in total. The predicted molar refractivity (Wildman–Crippen MR) is 63.6 cm³/mol. The van der Waals surface area contributed by atoms with E-state index in [0.717, 1.165) is 17.7 Å². The summed E-state index contributed by atoms with van der Waals surface area (Å²) in [6.45, 7) is 1.99. The molecule has 0 heterocycles. The Labute approximate surface area is 96.7 Å². The molecule has 1 aromatic carbocycles. The van der Waals surface area contributed by atoms with Crippen LogP contribution in [0.3, 0.4) is 0 Å². The molecule has 2 atom stereocenters. The summed E-state index contributed by atoms with van der Waals surface area (Å²) >= 11 is 0. The van der Waals surface area contributed by atoms with Crippen LogP contribution in [0.25, 0.3) is 0 Å². The molecule has 3 heteroatoms. The highest BCUT2D eigenvalue weighted by Gasteiger charge is 2.17. The van der Waals surface area contributed by atoms with Gasteiger partial charge in [0.05, 0.1) is 19.3 Å². The fraction of sp³-hybridized carbons (Fsp3) is 0.538.